The van der Waals surface area contributed by atoms with E-state index in [1.165, 1.54) is 6.42 Å². The van der Waals surface area contributed by atoms with E-state index in [1.807, 2.05) is 0 Å². The third kappa shape index (κ3) is 0.891. The third-order valence-electron chi connectivity index (χ3n) is 4.47. The van der Waals surface area contributed by atoms with Gasteiger partial charge in [-0.15, -0.1) is 0 Å². The Morgan fingerprint density at radius 2 is 2.29 bits per heavy atom. The van der Waals surface area contributed by atoms with Gasteiger partial charge in [-0.2, -0.15) is 0 Å². The Balaban J connectivity index is 2.01. The predicted molar refractivity (Wildman–Crippen MR) is 52.8 cm³/mol. The van der Waals surface area contributed by atoms with Crippen molar-refractivity contribution in [3.05, 3.63) is 11.6 Å². The lowest BCUT2D eigenvalue weighted by atomic mass is 9.69. The average molecular weight is 192 g/mol. The van der Waals surface area contributed by atoms with Crippen LogP contribution in [-0.4, -0.2) is 11.1 Å². The number of carboxylic acids is 1. The molecular formula is C12H16O2. The summed E-state index contributed by atoms with van der Waals surface area (Å²) >= 11 is 0. The Bertz CT molecular complexity index is 331. The molecule has 3 unspecified atom stereocenters. The molecule has 14 heavy (non-hydrogen) atoms. The normalized spacial score (nSPS) is 49.2. The summed E-state index contributed by atoms with van der Waals surface area (Å²) in [7, 11) is 0. The van der Waals surface area contributed by atoms with Gasteiger partial charge in [0.2, 0.25) is 0 Å². The monoisotopic (exact) mass is 192 g/mol. The first-order chi connectivity index (χ1) is 6.61. The summed E-state index contributed by atoms with van der Waals surface area (Å²) in [6.07, 6.45) is 6.24. The first-order valence-electron chi connectivity index (χ1n) is 5.55. The van der Waals surface area contributed by atoms with Crippen molar-refractivity contribution in [2.75, 3.05) is 0 Å². The second-order valence-corrected chi connectivity index (χ2v) is 5.49. The summed E-state index contributed by atoms with van der Waals surface area (Å²) in [5, 5.41) is 9.37. The molecule has 0 amide bonds. The van der Waals surface area contributed by atoms with Gasteiger partial charge in [-0.25, -0.2) is 0 Å². The Kier molecular flexibility index (Phi) is 1.47. The number of carbonyl (C=O) groups is 1. The fourth-order valence-electron chi connectivity index (χ4n) is 3.92. The molecule has 3 rings (SSSR count). The Morgan fingerprint density at radius 1 is 1.50 bits per heavy atom. The summed E-state index contributed by atoms with van der Waals surface area (Å²) in [4.78, 5) is 11.4. The summed E-state index contributed by atoms with van der Waals surface area (Å²) in [6.45, 7) is 2.16. The molecule has 3 aliphatic carbocycles. The molecule has 2 saturated carbocycles. The molecule has 0 aromatic carbocycles. The topological polar surface area (TPSA) is 37.3 Å². The zero-order chi connectivity index (χ0) is 9.92. The van der Waals surface area contributed by atoms with E-state index in [9.17, 15) is 9.90 Å². The lowest BCUT2D eigenvalue weighted by molar-refractivity contribution is -0.149. The summed E-state index contributed by atoms with van der Waals surface area (Å²) in [6, 6.07) is 0. The molecule has 0 aromatic rings. The number of hydrogen-bond acceptors (Lipinski definition) is 1. The van der Waals surface area contributed by atoms with Crippen molar-refractivity contribution >= 4 is 5.97 Å². The Hall–Kier alpha value is -0.790. The highest BCUT2D eigenvalue weighted by Crippen LogP contribution is 2.62. The van der Waals surface area contributed by atoms with Crippen LogP contribution in [0.5, 0.6) is 0 Å². The highest BCUT2D eigenvalue weighted by Gasteiger charge is 2.57. The van der Waals surface area contributed by atoms with Crippen LogP contribution in [0.1, 0.15) is 32.6 Å². The minimum absolute atomic E-state index is 0.372. The highest BCUT2D eigenvalue weighted by molar-refractivity contribution is 5.76. The van der Waals surface area contributed by atoms with Crippen molar-refractivity contribution in [3.63, 3.8) is 0 Å². The molecule has 0 radical (unpaired) electrons. The van der Waals surface area contributed by atoms with Crippen LogP contribution < -0.4 is 0 Å². The van der Waals surface area contributed by atoms with E-state index in [1.54, 1.807) is 5.57 Å². The van der Waals surface area contributed by atoms with Gasteiger partial charge in [-0.1, -0.05) is 18.6 Å². The van der Waals surface area contributed by atoms with Gasteiger partial charge in [0.05, 0.1) is 5.41 Å². The first kappa shape index (κ1) is 8.51. The zero-order valence-corrected chi connectivity index (χ0v) is 8.49. The van der Waals surface area contributed by atoms with E-state index in [0.29, 0.717) is 17.8 Å². The second kappa shape index (κ2) is 2.41. The summed E-state index contributed by atoms with van der Waals surface area (Å²) in [5.74, 6) is 1.25. The standard InChI is InChI=1S/C12H16O2/c1-7-2-8-3-9-5-12(4-7,11(13)14)6-10(8)9/h2,7,9-10H,3-6H2,1H3,(H,13,14)/t7?,9?,10?,12-/m0/s1. The SMILES string of the molecule is CC1C=C2CC3C[C@@](C(=O)O)(C1)CC23. The van der Waals surface area contributed by atoms with Gasteiger partial charge < -0.3 is 5.11 Å². The van der Waals surface area contributed by atoms with Crippen LogP contribution in [0.2, 0.25) is 0 Å². The van der Waals surface area contributed by atoms with Gasteiger partial charge in [0.15, 0.2) is 0 Å². The molecule has 3 aliphatic rings. The number of fused-ring (bicyclic) bond motifs is 1. The van der Waals surface area contributed by atoms with Crippen LogP contribution in [0, 0.1) is 23.2 Å². The molecule has 2 bridgehead atoms. The largest absolute Gasteiger partial charge is 0.481 e. The fraction of sp³-hybridized carbons (Fsp3) is 0.750. The molecule has 2 fully saturated rings. The van der Waals surface area contributed by atoms with Crippen LogP contribution in [0.3, 0.4) is 0 Å². The van der Waals surface area contributed by atoms with Crippen molar-refractivity contribution < 1.29 is 9.90 Å². The van der Waals surface area contributed by atoms with Crippen LogP contribution >= 0.6 is 0 Å². The van der Waals surface area contributed by atoms with Gasteiger partial charge >= 0.3 is 5.97 Å². The maximum Gasteiger partial charge on any atom is 0.309 e. The van der Waals surface area contributed by atoms with Crippen molar-refractivity contribution in [2.45, 2.75) is 32.6 Å². The molecule has 1 N–H and O–H groups in total. The van der Waals surface area contributed by atoms with E-state index in [-0.39, 0.29) is 5.41 Å². The fourth-order valence-corrected chi connectivity index (χ4v) is 3.92. The average Bonchev–Trinajstić information content (AvgIpc) is 2.28. The van der Waals surface area contributed by atoms with Crippen LogP contribution in [0.25, 0.3) is 0 Å². The molecule has 0 aromatic heterocycles. The number of rotatable bonds is 1. The van der Waals surface area contributed by atoms with Crippen LogP contribution in [0.15, 0.2) is 11.6 Å². The van der Waals surface area contributed by atoms with Crippen molar-refractivity contribution in [1.29, 1.82) is 0 Å². The lowest BCUT2D eigenvalue weighted by Crippen LogP contribution is -2.30. The maximum atomic E-state index is 11.4. The summed E-state index contributed by atoms with van der Waals surface area (Å²) in [5.41, 5.74) is 1.19. The predicted octanol–water partition coefficient (Wildman–Crippen LogP) is 2.45. The smallest absolute Gasteiger partial charge is 0.309 e. The maximum absolute atomic E-state index is 11.4. The highest BCUT2D eigenvalue weighted by atomic mass is 16.4. The molecule has 0 spiro atoms. The minimum atomic E-state index is -0.548. The molecule has 0 aliphatic heterocycles. The van der Waals surface area contributed by atoms with Gasteiger partial charge in [0.25, 0.3) is 0 Å². The molecule has 0 saturated heterocycles. The third-order valence-corrected chi connectivity index (χ3v) is 4.47. The Labute approximate surface area is 84.0 Å². The molecule has 2 nitrogen and oxygen atoms in total. The number of aliphatic carboxylic acids is 1. The molecule has 0 heterocycles. The van der Waals surface area contributed by atoms with Crippen molar-refractivity contribution in [2.24, 2.45) is 23.2 Å². The van der Waals surface area contributed by atoms with Crippen LogP contribution in [0.4, 0.5) is 0 Å². The molecular weight excluding hydrogens is 176 g/mol. The first-order valence-corrected chi connectivity index (χ1v) is 5.55. The van der Waals surface area contributed by atoms with E-state index in [4.69, 9.17) is 0 Å². The van der Waals surface area contributed by atoms with Crippen LogP contribution in [-0.2, 0) is 4.79 Å². The molecule has 2 heteroatoms. The van der Waals surface area contributed by atoms with Gasteiger partial charge in [-0.3, -0.25) is 4.79 Å². The van der Waals surface area contributed by atoms with Crippen molar-refractivity contribution in [3.8, 4) is 0 Å². The molecule has 76 valence electrons. The Morgan fingerprint density at radius 3 is 3.00 bits per heavy atom. The lowest BCUT2D eigenvalue weighted by Gasteiger charge is -2.35. The quantitative estimate of drug-likeness (QED) is 0.648. The summed E-state index contributed by atoms with van der Waals surface area (Å²) < 4.78 is 0. The second-order valence-electron chi connectivity index (χ2n) is 5.49. The van der Waals surface area contributed by atoms with Gasteiger partial charge in [0.1, 0.15) is 0 Å². The van der Waals surface area contributed by atoms with Crippen molar-refractivity contribution in [1.82, 2.24) is 0 Å². The van der Waals surface area contributed by atoms with E-state index in [0.717, 1.165) is 19.3 Å². The van der Waals surface area contributed by atoms with Gasteiger partial charge in [-0.05, 0) is 43.4 Å². The molecule has 4 atom stereocenters. The minimum Gasteiger partial charge on any atom is -0.481 e. The van der Waals surface area contributed by atoms with Gasteiger partial charge in [0, 0.05) is 0 Å². The zero-order valence-electron chi connectivity index (χ0n) is 8.49. The number of allylic oxidation sites excluding steroid dienone is 2. The van der Waals surface area contributed by atoms with E-state index >= 15 is 0 Å². The van der Waals surface area contributed by atoms with E-state index in [2.05, 4.69) is 13.0 Å². The number of carboxylic acid groups (broad SMARTS) is 1. The number of hydrogen-bond donors (Lipinski definition) is 1. The van der Waals surface area contributed by atoms with E-state index < -0.39 is 5.97 Å².